The van der Waals surface area contributed by atoms with Gasteiger partial charge in [-0.05, 0) is 24.3 Å². The van der Waals surface area contributed by atoms with Crippen LogP contribution in [0.15, 0.2) is 60.7 Å². The lowest BCUT2D eigenvalue weighted by atomic mass is 10.3. The fourth-order valence-corrected chi connectivity index (χ4v) is 1.92. The van der Waals surface area contributed by atoms with Gasteiger partial charge in [0, 0.05) is 0 Å². The number of para-hydroxylation sites is 2. The van der Waals surface area contributed by atoms with Crippen LogP contribution in [0.5, 0.6) is 23.5 Å². The maximum Gasteiger partial charge on any atom is 0.330 e. The first-order valence-corrected chi connectivity index (χ1v) is 7.75. The summed E-state index contributed by atoms with van der Waals surface area (Å²) in [5.74, 6) is 0.787. The summed E-state index contributed by atoms with van der Waals surface area (Å²) in [6.07, 6.45) is 0. The summed E-state index contributed by atoms with van der Waals surface area (Å²) in [7, 11) is 1.30. The van der Waals surface area contributed by atoms with E-state index in [1.807, 2.05) is 36.4 Å². The Morgan fingerprint density at radius 1 is 0.846 bits per heavy atom. The van der Waals surface area contributed by atoms with Crippen molar-refractivity contribution in [3.05, 3.63) is 60.7 Å². The molecular weight excluding hydrogens is 336 g/mol. The summed E-state index contributed by atoms with van der Waals surface area (Å²) in [4.78, 5) is 23.7. The van der Waals surface area contributed by atoms with Crippen LogP contribution < -0.4 is 14.8 Å². The fourth-order valence-electron chi connectivity index (χ4n) is 1.92. The zero-order chi connectivity index (χ0) is 18.2. The predicted molar refractivity (Wildman–Crippen MR) is 93.4 cm³/mol. The minimum absolute atomic E-state index is 0.0319. The van der Waals surface area contributed by atoms with E-state index in [1.165, 1.54) is 7.11 Å². The number of methoxy groups -OCH3 is 1. The first-order chi connectivity index (χ1) is 12.7. The zero-order valence-corrected chi connectivity index (χ0v) is 14.0. The Balaban J connectivity index is 1.84. The average Bonchev–Trinajstić information content (AvgIpc) is 2.67. The second kappa shape index (κ2) is 8.43. The van der Waals surface area contributed by atoms with E-state index in [1.54, 1.807) is 24.3 Å². The SMILES string of the molecule is COC(=O)CNc1nc(Oc2ccccc2)nc(Oc2ccccc2)n1. The van der Waals surface area contributed by atoms with Crippen LogP contribution in [0.25, 0.3) is 0 Å². The predicted octanol–water partition coefficient (Wildman–Crippen LogP) is 3.04. The lowest BCUT2D eigenvalue weighted by molar-refractivity contribution is -0.138. The number of esters is 1. The highest BCUT2D eigenvalue weighted by atomic mass is 16.5. The standard InChI is InChI=1S/C18H16N4O4/c1-24-15(23)12-19-16-20-17(25-13-8-4-2-5-9-13)22-18(21-16)26-14-10-6-3-7-11-14/h2-11H,12H2,1H3,(H,19,20,21,22). The van der Waals surface area contributed by atoms with E-state index in [-0.39, 0.29) is 24.5 Å². The van der Waals surface area contributed by atoms with E-state index in [4.69, 9.17) is 9.47 Å². The van der Waals surface area contributed by atoms with E-state index < -0.39 is 5.97 Å². The van der Waals surface area contributed by atoms with Gasteiger partial charge in [0.05, 0.1) is 7.11 Å². The zero-order valence-electron chi connectivity index (χ0n) is 14.0. The maximum absolute atomic E-state index is 11.3. The number of hydrogen-bond donors (Lipinski definition) is 1. The lowest BCUT2D eigenvalue weighted by Gasteiger charge is -2.09. The molecule has 0 spiro atoms. The van der Waals surface area contributed by atoms with Gasteiger partial charge < -0.3 is 19.5 Å². The summed E-state index contributed by atoms with van der Waals surface area (Å²) in [6, 6.07) is 18.2. The number of anilines is 1. The van der Waals surface area contributed by atoms with Gasteiger partial charge in [0.25, 0.3) is 0 Å². The van der Waals surface area contributed by atoms with Crippen molar-refractivity contribution in [3.8, 4) is 23.5 Å². The molecule has 2 aromatic carbocycles. The van der Waals surface area contributed by atoms with Crippen LogP contribution in [0, 0.1) is 0 Å². The quantitative estimate of drug-likeness (QED) is 0.648. The number of aromatic nitrogens is 3. The Morgan fingerprint density at radius 2 is 1.35 bits per heavy atom. The number of nitrogens with zero attached hydrogens (tertiary/aromatic N) is 3. The first-order valence-electron chi connectivity index (χ1n) is 7.75. The molecule has 0 saturated carbocycles. The van der Waals surface area contributed by atoms with Gasteiger partial charge in [-0.2, -0.15) is 9.97 Å². The number of hydrogen-bond acceptors (Lipinski definition) is 8. The van der Waals surface area contributed by atoms with Crippen molar-refractivity contribution in [2.45, 2.75) is 0 Å². The Morgan fingerprint density at radius 3 is 1.81 bits per heavy atom. The number of carbonyl (C=O) groups excluding carboxylic acids is 1. The Labute approximate surface area is 149 Å². The van der Waals surface area contributed by atoms with Crippen molar-refractivity contribution in [1.82, 2.24) is 15.0 Å². The maximum atomic E-state index is 11.3. The van der Waals surface area contributed by atoms with Gasteiger partial charge in [-0.3, -0.25) is 4.79 Å². The Hall–Kier alpha value is -3.68. The number of benzene rings is 2. The molecule has 0 fully saturated rings. The molecule has 1 aromatic heterocycles. The third kappa shape index (κ3) is 4.91. The molecule has 0 amide bonds. The van der Waals surface area contributed by atoms with E-state index in [9.17, 15) is 4.79 Å². The van der Waals surface area contributed by atoms with Gasteiger partial charge in [0.1, 0.15) is 18.0 Å². The molecular formula is C18H16N4O4. The third-order valence-corrected chi connectivity index (χ3v) is 3.12. The summed E-state index contributed by atoms with van der Waals surface area (Å²) in [5.41, 5.74) is 0. The van der Waals surface area contributed by atoms with Crippen molar-refractivity contribution in [2.24, 2.45) is 0 Å². The number of carbonyl (C=O) groups is 1. The second-order valence-corrected chi connectivity index (χ2v) is 4.98. The van der Waals surface area contributed by atoms with Crippen molar-refractivity contribution in [2.75, 3.05) is 19.0 Å². The highest BCUT2D eigenvalue weighted by molar-refractivity contribution is 5.74. The molecule has 0 aliphatic rings. The minimum atomic E-state index is -0.457. The summed E-state index contributed by atoms with van der Waals surface area (Å²) in [5, 5.41) is 2.75. The van der Waals surface area contributed by atoms with E-state index in [2.05, 4.69) is 25.0 Å². The fraction of sp³-hybridized carbons (Fsp3) is 0.111. The molecule has 26 heavy (non-hydrogen) atoms. The van der Waals surface area contributed by atoms with Crippen molar-refractivity contribution in [3.63, 3.8) is 0 Å². The van der Waals surface area contributed by atoms with Crippen LogP contribution in [0.1, 0.15) is 0 Å². The van der Waals surface area contributed by atoms with E-state index in [0.29, 0.717) is 11.5 Å². The van der Waals surface area contributed by atoms with Crippen LogP contribution >= 0.6 is 0 Å². The van der Waals surface area contributed by atoms with Crippen molar-refractivity contribution < 1.29 is 19.0 Å². The largest absolute Gasteiger partial charge is 0.468 e. The lowest BCUT2D eigenvalue weighted by Crippen LogP contribution is -2.17. The normalized spacial score (nSPS) is 10.0. The molecule has 3 aromatic rings. The number of rotatable bonds is 7. The second-order valence-electron chi connectivity index (χ2n) is 4.98. The topological polar surface area (TPSA) is 95.5 Å². The van der Waals surface area contributed by atoms with Crippen LogP contribution in [-0.2, 0) is 9.53 Å². The molecule has 0 bridgehead atoms. The van der Waals surface area contributed by atoms with Gasteiger partial charge in [-0.15, -0.1) is 4.98 Å². The monoisotopic (exact) mass is 352 g/mol. The summed E-state index contributed by atoms with van der Waals surface area (Å²) < 4.78 is 15.9. The molecule has 3 rings (SSSR count). The van der Waals surface area contributed by atoms with Gasteiger partial charge in [0.2, 0.25) is 5.95 Å². The minimum Gasteiger partial charge on any atom is -0.468 e. The molecule has 1 N–H and O–H groups in total. The van der Waals surface area contributed by atoms with Gasteiger partial charge >= 0.3 is 18.0 Å². The smallest absolute Gasteiger partial charge is 0.330 e. The molecule has 0 unspecified atom stereocenters. The molecule has 0 atom stereocenters. The first kappa shape index (κ1) is 17.2. The number of ether oxygens (including phenoxy) is 3. The highest BCUT2D eigenvalue weighted by Gasteiger charge is 2.12. The van der Waals surface area contributed by atoms with Crippen LogP contribution in [0.4, 0.5) is 5.95 Å². The summed E-state index contributed by atoms with van der Waals surface area (Å²) in [6.45, 7) is -0.101. The molecule has 0 aliphatic carbocycles. The molecule has 0 saturated heterocycles. The van der Waals surface area contributed by atoms with Gasteiger partial charge in [0.15, 0.2) is 0 Å². The Kier molecular flexibility index (Phi) is 5.56. The van der Waals surface area contributed by atoms with Gasteiger partial charge in [-0.25, -0.2) is 0 Å². The van der Waals surface area contributed by atoms with Crippen LogP contribution in [0.3, 0.4) is 0 Å². The Bertz CT molecular complexity index is 800. The third-order valence-electron chi connectivity index (χ3n) is 3.12. The van der Waals surface area contributed by atoms with Gasteiger partial charge in [-0.1, -0.05) is 36.4 Å². The molecule has 0 radical (unpaired) electrons. The molecule has 0 aliphatic heterocycles. The van der Waals surface area contributed by atoms with Crippen molar-refractivity contribution in [1.29, 1.82) is 0 Å². The number of nitrogens with one attached hydrogen (secondary N) is 1. The highest BCUT2D eigenvalue weighted by Crippen LogP contribution is 2.23. The van der Waals surface area contributed by atoms with Crippen LogP contribution in [0.2, 0.25) is 0 Å². The van der Waals surface area contributed by atoms with E-state index in [0.717, 1.165) is 0 Å². The molecule has 8 heteroatoms. The van der Waals surface area contributed by atoms with Crippen molar-refractivity contribution >= 4 is 11.9 Å². The van der Waals surface area contributed by atoms with Crippen LogP contribution in [-0.4, -0.2) is 34.6 Å². The average molecular weight is 352 g/mol. The summed E-state index contributed by atoms with van der Waals surface area (Å²) >= 11 is 0. The van der Waals surface area contributed by atoms with E-state index >= 15 is 0 Å². The molecule has 132 valence electrons. The molecule has 1 heterocycles. The molecule has 8 nitrogen and oxygen atoms in total.